The van der Waals surface area contributed by atoms with Crippen molar-refractivity contribution in [3.63, 3.8) is 0 Å². The topological polar surface area (TPSA) is 61.4 Å². The van der Waals surface area contributed by atoms with Crippen LogP contribution in [0, 0.1) is 5.82 Å². The molecule has 8 heteroatoms. The normalized spacial score (nSPS) is 13.9. The summed E-state index contributed by atoms with van der Waals surface area (Å²) < 4.78 is 52.4. The number of halogens is 4. The lowest BCUT2D eigenvalue weighted by Gasteiger charge is -2.18. The zero-order valence-electron chi connectivity index (χ0n) is 14.6. The van der Waals surface area contributed by atoms with Gasteiger partial charge in [-0.25, -0.2) is 4.39 Å². The Balaban J connectivity index is 1.89. The summed E-state index contributed by atoms with van der Waals surface area (Å²) >= 11 is 0. The molecule has 0 aromatic heterocycles. The number of anilines is 1. The van der Waals surface area contributed by atoms with E-state index < -0.39 is 35.6 Å². The highest BCUT2D eigenvalue weighted by molar-refractivity contribution is 5.92. The van der Waals surface area contributed by atoms with Crippen LogP contribution in [-0.4, -0.2) is 23.6 Å². The van der Waals surface area contributed by atoms with Crippen molar-refractivity contribution in [1.82, 2.24) is 5.32 Å². The minimum Gasteiger partial charge on any atom is -0.387 e. The Morgan fingerprint density at radius 3 is 2.41 bits per heavy atom. The van der Waals surface area contributed by atoms with E-state index in [2.05, 4.69) is 10.6 Å². The van der Waals surface area contributed by atoms with Crippen LogP contribution in [0.15, 0.2) is 48.5 Å². The number of amides is 1. The fourth-order valence-corrected chi connectivity index (χ4v) is 2.56. The Hall–Kier alpha value is -2.45. The van der Waals surface area contributed by atoms with Gasteiger partial charge in [-0.3, -0.25) is 4.79 Å². The number of carbonyl (C=O) groups is 1. The largest absolute Gasteiger partial charge is 0.418 e. The molecule has 0 aliphatic rings. The average molecular weight is 384 g/mol. The lowest BCUT2D eigenvalue weighted by atomic mass is 10.1. The van der Waals surface area contributed by atoms with Crippen LogP contribution in [0.2, 0.25) is 0 Å². The molecule has 0 heterocycles. The van der Waals surface area contributed by atoms with Crippen LogP contribution in [0.3, 0.4) is 0 Å². The number of rotatable bonds is 7. The summed E-state index contributed by atoms with van der Waals surface area (Å²) in [7, 11) is 0. The molecule has 4 nitrogen and oxygen atoms in total. The maximum Gasteiger partial charge on any atom is 0.418 e. The number of para-hydroxylation sites is 1. The van der Waals surface area contributed by atoms with E-state index in [4.69, 9.17) is 0 Å². The Labute approximate surface area is 154 Å². The molecule has 2 atom stereocenters. The highest BCUT2D eigenvalue weighted by Gasteiger charge is 2.33. The molecule has 0 spiro atoms. The van der Waals surface area contributed by atoms with Crippen LogP contribution in [0.25, 0.3) is 0 Å². The standard InChI is InChI=1S/C19H20F4N2O2/c1-12(24-11-17(26)13-6-2-4-8-15(13)20)10-18(27)25-16-9-5-3-7-14(16)19(21,22)23/h2-9,12,17,24,26H,10-11H2,1H3,(H,25,27). The summed E-state index contributed by atoms with van der Waals surface area (Å²) in [6.45, 7) is 1.64. The molecule has 0 radical (unpaired) electrons. The Morgan fingerprint density at radius 1 is 1.11 bits per heavy atom. The summed E-state index contributed by atoms with van der Waals surface area (Å²) in [5, 5.41) is 15.1. The third-order valence-electron chi connectivity index (χ3n) is 3.92. The van der Waals surface area contributed by atoms with Gasteiger partial charge in [0.2, 0.25) is 5.91 Å². The van der Waals surface area contributed by atoms with Crippen molar-refractivity contribution in [3.8, 4) is 0 Å². The molecule has 0 aliphatic heterocycles. The van der Waals surface area contributed by atoms with Gasteiger partial charge in [-0.05, 0) is 25.1 Å². The van der Waals surface area contributed by atoms with E-state index >= 15 is 0 Å². The van der Waals surface area contributed by atoms with Crippen molar-refractivity contribution in [1.29, 1.82) is 0 Å². The van der Waals surface area contributed by atoms with E-state index in [0.717, 1.165) is 6.07 Å². The Bertz CT molecular complexity index is 780. The number of aliphatic hydroxyl groups is 1. The van der Waals surface area contributed by atoms with Gasteiger partial charge < -0.3 is 15.7 Å². The van der Waals surface area contributed by atoms with E-state index in [1.807, 2.05) is 0 Å². The minimum atomic E-state index is -4.57. The first-order valence-corrected chi connectivity index (χ1v) is 8.30. The second-order valence-electron chi connectivity index (χ2n) is 6.14. The van der Waals surface area contributed by atoms with E-state index in [9.17, 15) is 27.5 Å². The number of hydrogen-bond donors (Lipinski definition) is 3. The smallest absolute Gasteiger partial charge is 0.387 e. The third-order valence-corrected chi connectivity index (χ3v) is 3.92. The summed E-state index contributed by atoms with van der Waals surface area (Å²) in [6.07, 6.45) is -5.80. The van der Waals surface area contributed by atoms with Crippen molar-refractivity contribution in [2.24, 2.45) is 0 Å². The monoisotopic (exact) mass is 384 g/mol. The van der Waals surface area contributed by atoms with E-state index in [0.29, 0.717) is 0 Å². The molecule has 0 saturated carbocycles. The molecule has 3 N–H and O–H groups in total. The van der Waals surface area contributed by atoms with Crippen molar-refractivity contribution in [3.05, 3.63) is 65.5 Å². The van der Waals surface area contributed by atoms with Crippen LogP contribution >= 0.6 is 0 Å². The van der Waals surface area contributed by atoms with Gasteiger partial charge in [-0.1, -0.05) is 30.3 Å². The molecular formula is C19H20F4N2O2. The van der Waals surface area contributed by atoms with E-state index in [-0.39, 0.29) is 24.2 Å². The number of nitrogens with one attached hydrogen (secondary N) is 2. The predicted octanol–water partition coefficient (Wildman–Crippen LogP) is 3.88. The fraction of sp³-hybridized carbons (Fsp3) is 0.316. The second kappa shape index (κ2) is 8.96. The van der Waals surface area contributed by atoms with Crippen LogP contribution in [0.5, 0.6) is 0 Å². The first-order chi connectivity index (χ1) is 12.7. The number of hydrogen-bond acceptors (Lipinski definition) is 3. The molecule has 2 aromatic rings. The van der Waals surface area contributed by atoms with E-state index in [1.165, 1.54) is 36.4 Å². The van der Waals surface area contributed by atoms with Gasteiger partial charge in [0.15, 0.2) is 0 Å². The van der Waals surface area contributed by atoms with Gasteiger partial charge in [0, 0.05) is 24.6 Å². The van der Waals surface area contributed by atoms with Gasteiger partial charge in [-0.15, -0.1) is 0 Å². The summed E-state index contributed by atoms with van der Waals surface area (Å²) in [5.41, 5.74) is -1.11. The highest BCUT2D eigenvalue weighted by Crippen LogP contribution is 2.34. The Morgan fingerprint density at radius 2 is 1.74 bits per heavy atom. The molecule has 2 rings (SSSR count). The maximum atomic E-state index is 13.6. The molecule has 27 heavy (non-hydrogen) atoms. The molecule has 0 bridgehead atoms. The predicted molar refractivity (Wildman–Crippen MR) is 93.5 cm³/mol. The molecule has 0 fully saturated rings. The number of aliphatic hydroxyl groups excluding tert-OH is 1. The van der Waals surface area contributed by atoms with Gasteiger partial charge in [0.05, 0.1) is 17.4 Å². The third kappa shape index (κ3) is 6.04. The zero-order valence-corrected chi connectivity index (χ0v) is 14.6. The molecule has 2 aromatic carbocycles. The van der Waals surface area contributed by atoms with Gasteiger partial charge in [0.1, 0.15) is 5.82 Å². The zero-order chi connectivity index (χ0) is 20.0. The van der Waals surface area contributed by atoms with Crippen LogP contribution in [0.1, 0.15) is 30.6 Å². The quantitative estimate of drug-likeness (QED) is 0.635. The average Bonchev–Trinajstić information content (AvgIpc) is 2.59. The summed E-state index contributed by atoms with van der Waals surface area (Å²) in [5.74, 6) is -1.15. The van der Waals surface area contributed by atoms with Crippen LogP contribution in [-0.2, 0) is 11.0 Å². The number of benzene rings is 2. The van der Waals surface area contributed by atoms with Crippen molar-refractivity contribution >= 4 is 11.6 Å². The lowest BCUT2D eigenvalue weighted by Crippen LogP contribution is -2.34. The molecule has 0 aliphatic carbocycles. The van der Waals surface area contributed by atoms with E-state index in [1.54, 1.807) is 13.0 Å². The van der Waals surface area contributed by atoms with Crippen molar-refractivity contribution in [2.45, 2.75) is 31.7 Å². The maximum absolute atomic E-state index is 13.6. The summed E-state index contributed by atoms with van der Waals surface area (Å²) in [6, 6.07) is 10.1. The van der Waals surface area contributed by atoms with Gasteiger partial charge in [-0.2, -0.15) is 13.2 Å². The van der Waals surface area contributed by atoms with Crippen molar-refractivity contribution in [2.75, 3.05) is 11.9 Å². The fourth-order valence-electron chi connectivity index (χ4n) is 2.56. The minimum absolute atomic E-state index is 0.00544. The number of alkyl halides is 3. The lowest BCUT2D eigenvalue weighted by molar-refractivity contribution is -0.137. The van der Waals surface area contributed by atoms with Crippen LogP contribution in [0.4, 0.5) is 23.2 Å². The van der Waals surface area contributed by atoms with Crippen molar-refractivity contribution < 1.29 is 27.5 Å². The first kappa shape index (κ1) is 20.9. The number of carbonyl (C=O) groups excluding carboxylic acids is 1. The second-order valence-corrected chi connectivity index (χ2v) is 6.14. The molecule has 146 valence electrons. The molecular weight excluding hydrogens is 364 g/mol. The van der Waals surface area contributed by atoms with Gasteiger partial charge >= 0.3 is 6.18 Å². The molecule has 2 unspecified atom stereocenters. The molecule has 0 saturated heterocycles. The first-order valence-electron chi connectivity index (χ1n) is 8.30. The van der Waals surface area contributed by atoms with Crippen LogP contribution < -0.4 is 10.6 Å². The molecule has 1 amide bonds. The summed E-state index contributed by atoms with van der Waals surface area (Å²) in [4.78, 5) is 12.0. The SMILES string of the molecule is CC(CC(=O)Nc1ccccc1C(F)(F)F)NCC(O)c1ccccc1F. The highest BCUT2D eigenvalue weighted by atomic mass is 19.4. The Kier molecular flexibility index (Phi) is 6.92. The van der Waals surface area contributed by atoms with Gasteiger partial charge in [0.25, 0.3) is 0 Å².